The SMILES string of the molecule is CCC(NC(=O)CCCNC(=O)C(C)(C)C)C(=O)O. The number of amides is 2. The van der Waals surface area contributed by atoms with Crippen molar-refractivity contribution < 1.29 is 19.5 Å². The molecule has 2 amide bonds. The van der Waals surface area contributed by atoms with Crippen LogP contribution < -0.4 is 10.6 Å². The van der Waals surface area contributed by atoms with Crippen molar-refractivity contribution in [1.29, 1.82) is 0 Å². The Labute approximate surface area is 113 Å². The molecule has 6 nitrogen and oxygen atoms in total. The highest BCUT2D eigenvalue weighted by Crippen LogP contribution is 2.12. The molecule has 0 aliphatic rings. The zero-order chi connectivity index (χ0) is 15.1. The van der Waals surface area contributed by atoms with Crippen LogP contribution in [0.2, 0.25) is 0 Å². The lowest BCUT2D eigenvalue weighted by Gasteiger charge is -2.17. The minimum Gasteiger partial charge on any atom is -0.480 e. The molecule has 0 aromatic rings. The largest absolute Gasteiger partial charge is 0.480 e. The average molecular weight is 272 g/mol. The number of carboxylic acid groups (broad SMARTS) is 1. The number of aliphatic carboxylic acids is 1. The van der Waals surface area contributed by atoms with Crippen molar-refractivity contribution in [3.8, 4) is 0 Å². The molecular weight excluding hydrogens is 248 g/mol. The predicted octanol–water partition coefficient (Wildman–Crippen LogP) is 0.908. The average Bonchev–Trinajstić information content (AvgIpc) is 2.29. The molecule has 0 spiro atoms. The Morgan fingerprint density at radius 3 is 2.21 bits per heavy atom. The number of nitrogens with one attached hydrogen (secondary N) is 2. The van der Waals surface area contributed by atoms with E-state index in [1.807, 2.05) is 20.8 Å². The second-order valence-electron chi connectivity index (χ2n) is 5.48. The number of carbonyl (C=O) groups is 3. The van der Waals surface area contributed by atoms with Crippen molar-refractivity contribution in [2.24, 2.45) is 5.41 Å². The monoisotopic (exact) mass is 272 g/mol. The van der Waals surface area contributed by atoms with Crippen molar-refractivity contribution in [3.63, 3.8) is 0 Å². The van der Waals surface area contributed by atoms with E-state index in [-0.39, 0.29) is 18.2 Å². The third-order valence-electron chi connectivity index (χ3n) is 2.59. The summed E-state index contributed by atoms with van der Waals surface area (Å²) in [5.74, 6) is -1.40. The van der Waals surface area contributed by atoms with E-state index < -0.39 is 17.4 Å². The normalized spacial score (nSPS) is 12.6. The van der Waals surface area contributed by atoms with E-state index in [1.54, 1.807) is 6.92 Å². The van der Waals surface area contributed by atoms with Crippen LogP contribution >= 0.6 is 0 Å². The molecule has 0 fully saturated rings. The maximum Gasteiger partial charge on any atom is 0.326 e. The predicted molar refractivity (Wildman–Crippen MR) is 71.6 cm³/mol. The third kappa shape index (κ3) is 7.43. The molecule has 0 bridgehead atoms. The molecule has 3 N–H and O–H groups in total. The number of rotatable bonds is 7. The Morgan fingerprint density at radius 2 is 1.79 bits per heavy atom. The van der Waals surface area contributed by atoms with E-state index in [9.17, 15) is 14.4 Å². The molecule has 6 heteroatoms. The van der Waals surface area contributed by atoms with Crippen molar-refractivity contribution in [2.45, 2.75) is 53.0 Å². The van der Waals surface area contributed by atoms with E-state index in [0.717, 1.165) is 0 Å². The zero-order valence-corrected chi connectivity index (χ0v) is 12.1. The molecule has 19 heavy (non-hydrogen) atoms. The molecular formula is C13H24N2O4. The van der Waals surface area contributed by atoms with Gasteiger partial charge in [-0.25, -0.2) is 4.79 Å². The minimum absolute atomic E-state index is 0.0649. The fourth-order valence-electron chi connectivity index (χ4n) is 1.32. The summed E-state index contributed by atoms with van der Waals surface area (Å²) >= 11 is 0. The molecule has 0 aromatic carbocycles. The summed E-state index contributed by atoms with van der Waals surface area (Å²) < 4.78 is 0. The summed E-state index contributed by atoms with van der Waals surface area (Å²) in [6, 6.07) is -0.836. The highest BCUT2D eigenvalue weighted by molar-refractivity contribution is 5.83. The fourth-order valence-corrected chi connectivity index (χ4v) is 1.32. The van der Waals surface area contributed by atoms with Gasteiger partial charge in [-0.2, -0.15) is 0 Å². The van der Waals surface area contributed by atoms with E-state index in [2.05, 4.69) is 10.6 Å². The summed E-state index contributed by atoms with van der Waals surface area (Å²) in [5, 5.41) is 14.0. The Hall–Kier alpha value is -1.59. The van der Waals surface area contributed by atoms with Crippen LogP contribution in [0.1, 0.15) is 47.0 Å². The van der Waals surface area contributed by atoms with Gasteiger partial charge in [-0.15, -0.1) is 0 Å². The van der Waals surface area contributed by atoms with E-state index in [0.29, 0.717) is 19.4 Å². The highest BCUT2D eigenvalue weighted by Gasteiger charge is 2.20. The molecule has 0 aromatic heterocycles. The Morgan fingerprint density at radius 1 is 1.21 bits per heavy atom. The van der Waals surface area contributed by atoms with Crippen LogP contribution in [-0.4, -0.2) is 35.5 Å². The van der Waals surface area contributed by atoms with Gasteiger partial charge in [-0.05, 0) is 12.8 Å². The van der Waals surface area contributed by atoms with Gasteiger partial charge in [0, 0.05) is 18.4 Å². The van der Waals surface area contributed by atoms with Gasteiger partial charge < -0.3 is 15.7 Å². The molecule has 1 unspecified atom stereocenters. The number of carbonyl (C=O) groups excluding carboxylic acids is 2. The molecule has 0 heterocycles. The van der Waals surface area contributed by atoms with Gasteiger partial charge in [0.2, 0.25) is 11.8 Å². The number of carboxylic acids is 1. The zero-order valence-electron chi connectivity index (χ0n) is 12.1. The van der Waals surface area contributed by atoms with E-state index in [1.165, 1.54) is 0 Å². The lowest BCUT2D eigenvalue weighted by Crippen LogP contribution is -2.40. The molecule has 0 aliphatic carbocycles. The van der Waals surface area contributed by atoms with Crippen LogP contribution in [0.5, 0.6) is 0 Å². The first-order valence-electron chi connectivity index (χ1n) is 6.49. The summed E-state index contributed by atoms with van der Waals surface area (Å²) in [4.78, 5) is 33.7. The van der Waals surface area contributed by atoms with Crippen LogP contribution in [0.15, 0.2) is 0 Å². The van der Waals surface area contributed by atoms with Gasteiger partial charge >= 0.3 is 5.97 Å². The van der Waals surface area contributed by atoms with Gasteiger partial charge in [0.05, 0.1) is 0 Å². The molecule has 0 radical (unpaired) electrons. The summed E-state index contributed by atoms with van der Waals surface area (Å²) in [7, 11) is 0. The molecule has 0 saturated heterocycles. The van der Waals surface area contributed by atoms with Crippen LogP contribution in [0.3, 0.4) is 0 Å². The van der Waals surface area contributed by atoms with Gasteiger partial charge in [0.25, 0.3) is 0 Å². The Bertz CT molecular complexity index is 334. The van der Waals surface area contributed by atoms with Gasteiger partial charge in [0.1, 0.15) is 6.04 Å². The fraction of sp³-hybridized carbons (Fsp3) is 0.769. The summed E-state index contributed by atoms with van der Waals surface area (Å²) in [5.41, 5.74) is -0.446. The Balaban J connectivity index is 3.87. The Kier molecular flexibility index (Phi) is 7.11. The summed E-state index contributed by atoms with van der Waals surface area (Å²) in [6.07, 6.45) is 1.04. The molecule has 0 saturated carbocycles. The maximum absolute atomic E-state index is 11.5. The first kappa shape index (κ1) is 17.4. The first-order chi connectivity index (χ1) is 8.68. The molecule has 1 atom stereocenters. The van der Waals surface area contributed by atoms with Crippen molar-refractivity contribution in [3.05, 3.63) is 0 Å². The second kappa shape index (κ2) is 7.76. The van der Waals surface area contributed by atoms with E-state index in [4.69, 9.17) is 5.11 Å². The minimum atomic E-state index is -1.03. The molecule has 0 rings (SSSR count). The van der Waals surface area contributed by atoms with Gasteiger partial charge in [0.15, 0.2) is 0 Å². The lowest BCUT2D eigenvalue weighted by molar-refractivity contribution is -0.141. The standard InChI is InChI=1S/C13H24N2O4/c1-5-9(11(17)18)15-10(16)7-6-8-14-12(19)13(2,3)4/h9H,5-8H2,1-4H3,(H,14,19)(H,15,16)(H,17,18). The molecule has 0 aliphatic heterocycles. The molecule has 110 valence electrons. The van der Waals surface area contributed by atoms with Gasteiger partial charge in [-0.1, -0.05) is 27.7 Å². The van der Waals surface area contributed by atoms with Crippen molar-refractivity contribution in [1.82, 2.24) is 10.6 Å². The third-order valence-corrected chi connectivity index (χ3v) is 2.59. The highest BCUT2D eigenvalue weighted by atomic mass is 16.4. The smallest absolute Gasteiger partial charge is 0.326 e. The van der Waals surface area contributed by atoms with Crippen LogP contribution in [-0.2, 0) is 14.4 Å². The number of hydrogen-bond donors (Lipinski definition) is 3. The topological polar surface area (TPSA) is 95.5 Å². The maximum atomic E-state index is 11.5. The van der Waals surface area contributed by atoms with Crippen LogP contribution in [0.25, 0.3) is 0 Å². The van der Waals surface area contributed by atoms with Crippen molar-refractivity contribution >= 4 is 17.8 Å². The second-order valence-corrected chi connectivity index (χ2v) is 5.48. The van der Waals surface area contributed by atoms with Gasteiger partial charge in [-0.3, -0.25) is 9.59 Å². The number of hydrogen-bond acceptors (Lipinski definition) is 3. The lowest BCUT2D eigenvalue weighted by atomic mass is 9.96. The summed E-state index contributed by atoms with van der Waals surface area (Å²) in [6.45, 7) is 7.55. The van der Waals surface area contributed by atoms with Crippen LogP contribution in [0, 0.1) is 5.41 Å². The van der Waals surface area contributed by atoms with E-state index >= 15 is 0 Å². The first-order valence-corrected chi connectivity index (χ1v) is 6.49. The quantitative estimate of drug-likeness (QED) is 0.600. The van der Waals surface area contributed by atoms with Crippen molar-refractivity contribution in [2.75, 3.05) is 6.54 Å². The van der Waals surface area contributed by atoms with Crippen LogP contribution in [0.4, 0.5) is 0 Å².